The highest BCUT2D eigenvalue weighted by Gasteiger charge is 2.34. The van der Waals surface area contributed by atoms with Gasteiger partial charge in [-0.05, 0) is 18.6 Å². The summed E-state index contributed by atoms with van der Waals surface area (Å²) < 4.78 is 10.6. The van der Waals surface area contributed by atoms with Gasteiger partial charge in [-0.1, -0.05) is 30.3 Å². The molecule has 1 atom stereocenters. The maximum Gasteiger partial charge on any atom is 0.231 e. The summed E-state index contributed by atoms with van der Waals surface area (Å²) in [5, 5.41) is 2.79. The van der Waals surface area contributed by atoms with E-state index in [2.05, 4.69) is 5.32 Å². The SMILES string of the molecule is CC(=O)c1cc2c(cc1NC(=O)C1CC(=O)N(Cc3ccccc3)C1)OCO2. The number of hydrogen-bond donors (Lipinski definition) is 1. The molecule has 0 saturated carbocycles. The van der Waals surface area contributed by atoms with Crippen LogP contribution in [0.3, 0.4) is 0 Å². The van der Waals surface area contributed by atoms with Crippen LogP contribution in [0.25, 0.3) is 0 Å². The molecule has 2 aliphatic rings. The van der Waals surface area contributed by atoms with Gasteiger partial charge in [0.2, 0.25) is 18.6 Å². The van der Waals surface area contributed by atoms with Crippen LogP contribution < -0.4 is 14.8 Å². The molecule has 7 nitrogen and oxygen atoms in total. The smallest absolute Gasteiger partial charge is 0.231 e. The predicted octanol–water partition coefficient (Wildman–Crippen LogP) is 2.61. The third kappa shape index (κ3) is 3.55. The highest BCUT2D eigenvalue weighted by molar-refractivity contribution is 6.06. The number of likely N-dealkylation sites (tertiary alicyclic amines) is 1. The van der Waals surface area contributed by atoms with Crippen LogP contribution in [0.15, 0.2) is 42.5 Å². The molecular formula is C21H20N2O5. The minimum absolute atomic E-state index is 0.0542. The Morgan fingerprint density at radius 1 is 1.14 bits per heavy atom. The van der Waals surface area contributed by atoms with Crippen molar-refractivity contribution in [3.8, 4) is 11.5 Å². The number of anilines is 1. The van der Waals surface area contributed by atoms with Crippen molar-refractivity contribution < 1.29 is 23.9 Å². The number of carbonyl (C=O) groups is 3. The highest BCUT2D eigenvalue weighted by atomic mass is 16.7. The Bertz CT molecular complexity index is 941. The van der Waals surface area contributed by atoms with Gasteiger partial charge in [-0.15, -0.1) is 0 Å². The van der Waals surface area contributed by atoms with Gasteiger partial charge in [-0.25, -0.2) is 0 Å². The number of nitrogens with one attached hydrogen (secondary N) is 1. The number of hydrogen-bond acceptors (Lipinski definition) is 5. The largest absolute Gasteiger partial charge is 0.454 e. The number of fused-ring (bicyclic) bond motifs is 1. The van der Waals surface area contributed by atoms with Crippen molar-refractivity contribution in [3.63, 3.8) is 0 Å². The van der Waals surface area contributed by atoms with E-state index in [1.54, 1.807) is 17.0 Å². The lowest BCUT2D eigenvalue weighted by atomic mass is 10.1. The molecule has 0 radical (unpaired) electrons. The molecule has 0 aromatic heterocycles. The number of benzene rings is 2. The first kappa shape index (κ1) is 18.0. The summed E-state index contributed by atoms with van der Waals surface area (Å²) in [5.41, 5.74) is 1.74. The third-order valence-corrected chi connectivity index (χ3v) is 4.95. The zero-order chi connectivity index (χ0) is 19.7. The van der Waals surface area contributed by atoms with E-state index in [0.717, 1.165) is 5.56 Å². The van der Waals surface area contributed by atoms with Crippen LogP contribution >= 0.6 is 0 Å². The van der Waals surface area contributed by atoms with Crippen LogP contribution in [0.4, 0.5) is 5.69 Å². The number of ether oxygens (including phenoxy) is 2. The molecule has 2 heterocycles. The second-order valence-corrected chi connectivity index (χ2v) is 6.96. The van der Waals surface area contributed by atoms with E-state index in [9.17, 15) is 14.4 Å². The fourth-order valence-electron chi connectivity index (χ4n) is 3.48. The van der Waals surface area contributed by atoms with Gasteiger partial charge >= 0.3 is 0 Å². The zero-order valence-corrected chi connectivity index (χ0v) is 15.4. The van der Waals surface area contributed by atoms with E-state index in [1.807, 2.05) is 30.3 Å². The lowest BCUT2D eigenvalue weighted by Crippen LogP contribution is -2.28. The number of amides is 2. The van der Waals surface area contributed by atoms with Crippen molar-refractivity contribution in [2.45, 2.75) is 19.9 Å². The second kappa shape index (κ2) is 7.34. The molecule has 2 amide bonds. The summed E-state index contributed by atoms with van der Waals surface area (Å²) in [6.45, 7) is 2.33. The Hall–Kier alpha value is -3.35. The van der Waals surface area contributed by atoms with Gasteiger partial charge in [0.15, 0.2) is 17.3 Å². The summed E-state index contributed by atoms with van der Waals surface area (Å²) >= 11 is 0. The van der Waals surface area contributed by atoms with Gasteiger partial charge < -0.3 is 19.7 Å². The van der Waals surface area contributed by atoms with E-state index >= 15 is 0 Å². The van der Waals surface area contributed by atoms with Crippen LogP contribution in [-0.2, 0) is 16.1 Å². The van der Waals surface area contributed by atoms with Crippen LogP contribution in [0.1, 0.15) is 29.3 Å². The molecule has 1 fully saturated rings. The van der Waals surface area contributed by atoms with Crippen molar-refractivity contribution in [1.29, 1.82) is 0 Å². The average molecular weight is 380 g/mol. The highest BCUT2D eigenvalue weighted by Crippen LogP contribution is 2.37. The fourth-order valence-corrected chi connectivity index (χ4v) is 3.48. The monoisotopic (exact) mass is 380 g/mol. The lowest BCUT2D eigenvalue weighted by Gasteiger charge is -2.17. The molecule has 144 valence electrons. The quantitative estimate of drug-likeness (QED) is 0.806. The standard InChI is InChI=1S/C21H20N2O5/c1-13(24)16-8-18-19(28-12-27-18)9-17(16)22-21(26)15-7-20(25)23(11-15)10-14-5-3-2-4-6-14/h2-6,8-9,15H,7,10-12H2,1H3,(H,22,26). The minimum Gasteiger partial charge on any atom is -0.454 e. The molecule has 2 aromatic carbocycles. The van der Waals surface area contributed by atoms with E-state index < -0.39 is 5.92 Å². The first-order chi connectivity index (χ1) is 13.5. The van der Waals surface area contributed by atoms with E-state index in [1.165, 1.54) is 6.92 Å². The maximum atomic E-state index is 12.8. The Morgan fingerprint density at radius 3 is 2.57 bits per heavy atom. The second-order valence-electron chi connectivity index (χ2n) is 6.96. The summed E-state index contributed by atoms with van der Waals surface area (Å²) in [4.78, 5) is 38.7. The lowest BCUT2D eigenvalue weighted by molar-refractivity contribution is -0.128. The number of nitrogens with zero attached hydrogens (tertiary/aromatic N) is 1. The third-order valence-electron chi connectivity index (χ3n) is 4.95. The summed E-state index contributed by atoms with van der Waals surface area (Å²) in [6.07, 6.45) is 0.151. The van der Waals surface area contributed by atoms with Gasteiger partial charge in [0.25, 0.3) is 0 Å². The molecule has 1 N–H and O–H groups in total. The Balaban J connectivity index is 1.47. The van der Waals surface area contributed by atoms with Crippen LogP contribution in [0.2, 0.25) is 0 Å². The first-order valence-corrected chi connectivity index (χ1v) is 9.08. The van der Waals surface area contributed by atoms with Crippen molar-refractivity contribution in [2.24, 2.45) is 5.92 Å². The molecule has 1 unspecified atom stereocenters. The van der Waals surface area contributed by atoms with Crippen molar-refractivity contribution in [2.75, 3.05) is 18.7 Å². The summed E-state index contributed by atoms with van der Waals surface area (Å²) in [6, 6.07) is 12.8. The molecule has 4 rings (SSSR count). The molecule has 0 aliphatic carbocycles. The van der Waals surface area contributed by atoms with E-state index in [-0.39, 0.29) is 30.8 Å². The van der Waals surface area contributed by atoms with Gasteiger partial charge in [0.05, 0.1) is 11.6 Å². The van der Waals surface area contributed by atoms with Crippen LogP contribution in [0.5, 0.6) is 11.5 Å². The van der Waals surface area contributed by atoms with Crippen molar-refractivity contribution in [1.82, 2.24) is 4.90 Å². The van der Waals surface area contributed by atoms with Gasteiger partial charge in [-0.2, -0.15) is 0 Å². The van der Waals surface area contributed by atoms with Crippen LogP contribution in [0, 0.1) is 5.92 Å². The Labute approximate surface area is 162 Å². The van der Waals surface area contributed by atoms with E-state index in [4.69, 9.17) is 9.47 Å². The average Bonchev–Trinajstić information content (AvgIpc) is 3.28. The summed E-state index contributed by atoms with van der Waals surface area (Å²) in [5.74, 6) is -0.0446. The number of ketones is 1. The predicted molar refractivity (Wildman–Crippen MR) is 101 cm³/mol. The van der Waals surface area contributed by atoms with Gasteiger partial charge in [0.1, 0.15) is 0 Å². The number of carbonyl (C=O) groups excluding carboxylic acids is 3. The minimum atomic E-state index is -0.471. The maximum absolute atomic E-state index is 12.8. The first-order valence-electron chi connectivity index (χ1n) is 9.08. The van der Waals surface area contributed by atoms with E-state index in [0.29, 0.717) is 35.8 Å². The molecular weight excluding hydrogens is 360 g/mol. The molecule has 7 heteroatoms. The van der Waals surface area contributed by atoms with Crippen LogP contribution in [-0.4, -0.2) is 35.8 Å². The fraction of sp³-hybridized carbons (Fsp3) is 0.286. The Morgan fingerprint density at radius 2 is 1.86 bits per heavy atom. The summed E-state index contributed by atoms with van der Waals surface area (Å²) in [7, 11) is 0. The molecule has 0 spiro atoms. The molecule has 1 saturated heterocycles. The molecule has 2 aliphatic heterocycles. The normalized spacial score (nSPS) is 17.7. The van der Waals surface area contributed by atoms with Gasteiger partial charge in [0, 0.05) is 31.1 Å². The number of rotatable bonds is 5. The number of Topliss-reactive ketones (excluding diaryl/α,β-unsaturated/α-hetero) is 1. The molecule has 28 heavy (non-hydrogen) atoms. The van der Waals surface area contributed by atoms with Crippen molar-refractivity contribution >= 4 is 23.3 Å². The molecule has 0 bridgehead atoms. The topological polar surface area (TPSA) is 84.9 Å². The molecule has 2 aromatic rings. The van der Waals surface area contributed by atoms with Gasteiger partial charge in [-0.3, -0.25) is 14.4 Å². The van der Waals surface area contributed by atoms with Crippen molar-refractivity contribution in [3.05, 3.63) is 53.6 Å². The Kier molecular flexibility index (Phi) is 4.73. The zero-order valence-electron chi connectivity index (χ0n) is 15.4.